The first-order valence-electron chi connectivity index (χ1n) is 9.25. The first-order valence-corrected chi connectivity index (χ1v) is 9.63. The van der Waals surface area contributed by atoms with E-state index in [1.807, 2.05) is 0 Å². The number of carbonyl (C=O) groups is 2. The topological polar surface area (TPSA) is 92.5 Å². The van der Waals surface area contributed by atoms with E-state index in [1.54, 1.807) is 42.6 Å². The Labute approximate surface area is 181 Å². The fourth-order valence-corrected chi connectivity index (χ4v) is 3.12. The van der Waals surface area contributed by atoms with Gasteiger partial charge in [-0.25, -0.2) is 8.91 Å². The molecule has 0 aliphatic heterocycles. The minimum absolute atomic E-state index is 0.0438. The first kappa shape index (κ1) is 20.4. The Bertz CT molecular complexity index is 1240. The highest BCUT2D eigenvalue weighted by Gasteiger charge is 2.21. The number of halogens is 2. The molecule has 4 rings (SSSR count). The lowest BCUT2D eigenvalue weighted by Crippen LogP contribution is -2.37. The van der Waals surface area contributed by atoms with Gasteiger partial charge in [0.05, 0.1) is 5.69 Å². The highest BCUT2D eigenvalue weighted by atomic mass is 35.5. The number of rotatable bonds is 6. The maximum absolute atomic E-state index is 13.9. The second-order valence-electron chi connectivity index (χ2n) is 6.71. The number of fused-ring (bicyclic) bond motifs is 1. The number of pyridine rings is 1. The minimum Gasteiger partial charge on any atom is -0.325 e. The number of carbonyl (C=O) groups excluding carboxylic acids is 2. The summed E-state index contributed by atoms with van der Waals surface area (Å²) in [4.78, 5) is 27.2. The van der Waals surface area contributed by atoms with E-state index in [2.05, 4.69) is 20.8 Å². The van der Waals surface area contributed by atoms with Crippen molar-refractivity contribution in [1.29, 1.82) is 0 Å². The summed E-state index contributed by atoms with van der Waals surface area (Å²) >= 11 is 5.94. The molecule has 156 valence electrons. The minimum atomic E-state index is -0.559. The van der Waals surface area contributed by atoms with E-state index in [4.69, 9.17) is 11.6 Å². The molecular weight excluding hydrogens is 423 g/mol. The molecule has 2 aromatic heterocycles. The standard InChI is InChI=1S/C21H16ClFN6O2/c22-16-7-5-14(6-8-16)12-28(13-20(30)24-18-4-2-1-3-17(18)23)21(31)15-9-10-29-19(11-15)25-26-27-29/h1-11H,12-13H2,(H,24,30). The number of aromatic nitrogens is 4. The van der Waals surface area contributed by atoms with Gasteiger partial charge in [0, 0.05) is 23.3 Å². The molecule has 0 bridgehead atoms. The van der Waals surface area contributed by atoms with Crippen LogP contribution in [0.2, 0.25) is 5.02 Å². The molecule has 0 aliphatic carbocycles. The predicted octanol–water partition coefficient (Wildman–Crippen LogP) is 3.20. The molecule has 10 heteroatoms. The molecule has 0 spiro atoms. The van der Waals surface area contributed by atoms with Gasteiger partial charge in [0.1, 0.15) is 12.4 Å². The number of anilines is 1. The van der Waals surface area contributed by atoms with Crippen molar-refractivity contribution in [2.24, 2.45) is 0 Å². The van der Waals surface area contributed by atoms with Gasteiger partial charge in [0.2, 0.25) is 5.91 Å². The zero-order valence-electron chi connectivity index (χ0n) is 16.1. The van der Waals surface area contributed by atoms with Crippen molar-refractivity contribution in [2.45, 2.75) is 6.54 Å². The van der Waals surface area contributed by atoms with Crippen LogP contribution in [0.4, 0.5) is 10.1 Å². The van der Waals surface area contributed by atoms with Crippen LogP contribution in [-0.4, -0.2) is 43.3 Å². The average molecular weight is 439 g/mol. The number of nitrogens with zero attached hydrogens (tertiary/aromatic N) is 5. The van der Waals surface area contributed by atoms with Crippen LogP contribution < -0.4 is 5.32 Å². The molecule has 0 fully saturated rings. The molecule has 4 aromatic rings. The Morgan fingerprint density at radius 3 is 2.65 bits per heavy atom. The van der Waals surface area contributed by atoms with Crippen molar-refractivity contribution in [3.05, 3.63) is 88.8 Å². The van der Waals surface area contributed by atoms with Gasteiger partial charge >= 0.3 is 0 Å². The molecular formula is C21H16ClFN6O2. The molecule has 0 saturated heterocycles. The quantitative estimate of drug-likeness (QED) is 0.499. The van der Waals surface area contributed by atoms with Crippen LogP contribution in [0.3, 0.4) is 0 Å². The normalized spacial score (nSPS) is 10.8. The zero-order chi connectivity index (χ0) is 21.8. The monoisotopic (exact) mass is 438 g/mol. The molecule has 0 radical (unpaired) electrons. The smallest absolute Gasteiger partial charge is 0.254 e. The largest absolute Gasteiger partial charge is 0.325 e. The molecule has 2 amide bonds. The van der Waals surface area contributed by atoms with E-state index in [9.17, 15) is 14.0 Å². The van der Waals surface area contributed by atoms with Crippen molar-refractivity contribution in [3.63, 3.8) is 0 Å². The summed E-state index contributed by atoms with van der Waals surface area (Å²) in [7, 11) is 0. The van der Waals surface area contributed by atoms with Gasteiger partial charge < -0.3 is 10.2 Å². The van der Waals surface area contributed by atoms with Crippen molar-refractivity contribution in [1.82, 2.24) is 24.9 Å². The summed E-state index contributed by atoms with van der Waals surface area (Å²) in [6, 6.07) is 15.9. The summed E-state index contributed by atoms with van der Waals surface area (Å²) in [5.74, 6) is -1.49. The van der Waals surface area contributed by atoms with Crippen LogP contribution in [-0.2, 0) is 11.3 Å². The van der Waals surface area contributed by atoms with Crippen molar-refractivity contribution < 1.29 is 14.0 Å². The third-order valence-corrected chi connectivity index (χ3v) is 4.75. The maximum Gasteiger partial charge on any atom is 0.254 e. The lowest BCUT2D eigenvalue weighted by molar-refractivity contribution is -0.117. The summed E-state index contributed by atoms with van der Waals surface area (Å²) in [6.07, 6.45) is 1.56. The summed E-state index contributed by atoms with van der Waals surface area (Å²) in [5, 5.41) is 14.2. The van der Waals surface area contributed by atoms with Gasteiger partial charge in [-0.2, -0.15) is 0 Å². The van der Waals surface area contributed by atoms with Gasteiger partial charge in [-0.15, -0.1) is 5.10 Å². The van der Waals surface area contributed by atoms with E-state index in [0.717, 1.165) is 5.56 Å². The summed E-state index contributed by atoms with van der Waals surface area (Å²) in [6.45, 7) is -0.136. The predicted molar refractivity (Wildman–Crippen MR) is 112 cm³/mol. The van der Waals surface area contributed by atoms with E-state index in [0.29, 0.717) is 16.2 Å². The van der Waals surface area contributed by atoms with Crippen LogP contribution >= 0.6 is 11.6 Å². The Hall–Kier alpha value is -3.85. The van der Waals surface area contributed by atoms with Gasteiger partial charge in [0.25, 0.3) is 5.91 Å². The second-order valence-corrected chi connectivity index (χ2v) is 7.15. The van der Waals surface area contributed by atoms with E-state index in [-0.39, 0.29) is 18.8 Å². The van der Waals surface area contributed by atoms with Crippen LogP contribution in [0.15, 0.2) is 66.9 Å². The van der Waals surface area contributed by atoms with Crippen LogP contribution in [0.1, 0.15) is 15.9 Å². The number of amides is 2. The number of para-hydroxylation sites is 1. The van der Waals surface area contributed by atoms with Gasteiger partial charge in [0.15, 0.2) is 5.65 Å². The SMILES string of the molecule is O=C(CN(Cc1ccc(Cl)cc1)C(=O)c1ccn2nnnc2c1)Nc1ccccc1F. The number of nitrogens with one attached hydrogen (secondary N) is 1. The summed E-state index contributed by atoms with van der Waals surface area (Å²) < 4.78 is 15.3. The Balaban J connectivity index is 1.58. The molecule has 8 nitrogen and oxygen atoms in total. The van der Waals surface area contributed by atoms with Gasteiger partial charge in [-0.05, 0) is 52.4 Å². The number of tetrazole rings is 1. The summed E-state index contributed by atoms with van der Waals surface area (Å²) in [5.41, 5.74) is 1.53. The number of hydrogen-bond donors (Lipinski definition) is 1. The second kappa shape index (κ2) is 8.88. The maximum atomic E-state index is 13.9. The van der Waals surface area contributed by atoms with Gasteiger partial charge in [-0.1, -0.05) is 35.9 Å². The Morgan fingerprint density at radius 2 is 1.87 bits per heavy atom. The molecule has 1 N–H and O–H groups in total. The fraction of sp³-hybridized carbons (Fsp3) is 0.0952. The van der Waals surface area contributed by atoms with Crippen molar-refractivity contribution >= 4 is 34.7 Å². The van der Waals surface area contributed by atoms with Crippen LogP contribution in [0, 0.1) is 5.82 Å². The van der Waals surface area contributed by atoms with Crippen LogP contribution in [0.5, 0.6) is 0 Å². The highest BCUT2D eigenvalue weighted by molar-refractivity contribution is 6.30. The Kier molecular flexibility index (Phi) is 5.85. The van der Waals surface area contributed by atoms with Gasteiger partial charge in [-0.3, -0.25) is 9.59 Å². The van der Waals surface area contributed by atoms with Crippen molar-refractivity contribution in [3.8, 4) is 0 Å². The fourth-order valence-electron chi connectivity index (χ4n) is 2.99. The third kappa shape index (κ3) is 4.84. The molecule has 0 aliphatic rings. The number of benzene rings is 2. The van der Waals surface area contributed by atoms with Crippen molar-refractivity contribution in [2.75, 3.05) is 11.9 Å². The molecule has 0 saturated carbocycles. The third-order valence-electron chi connectivity index (χ3n) is 4.50. The average Bonchev–Trinajstić information content (AvgIpc) is 3.24. The van der Waals surface area contributed by atoms with Crippen LogP contribution in [0.25, 0.3) is 5.65 Å². The molecule has 2 aromatic carbocycles. The lowest BCUT2D eigenvalue weighted by atomic mass is 10.1. The molecule has 31 heavy (non-hydrogen) atoms. The number of hydrogen-bond acceptors (Lipinski definition) is 5. The zero-order valence-corrected chi connectivity index (χ0v) is 16.8. The van der Waals surface area contributed by atoms with E-state index in [1.165, 1.54) is 33.7 Å². The highest BCUT2D eigenvalue weighted by Crippen LogP contribution is 2.16. The first-order chi connectivity index (χ1) is 15.0. The lowest BCUT2D eigenvalue weighted by Gasteiger charge is -2.22. The molecule has 0 atom stereocenters. The van der Waals surface area contributed by atoms with E-state index < -0.39 is 17.6 Å². The molecule has 2 heterocycles. The molecule has 0 unspecified atom stereocenters. The van der Waals surface area contributed by atoms with E-state index >= 15 is 0 Å². The Morgan fingerprint density at radius 1 is 1.10 bits per heavy atom.